The molecule has 3 aromatic rings. The first kappa shape index (κ1) is 22.8. The molecule has 9 nitrogen and oxygen atoms in total. The topological polar surface area (TPSA) is 86.1 Å². The number of hydrogen-bond donors (Lipinski definition) is 0. The summed E-state index contributed by atoms with van der Waals surface area (Å²) < 4.78 is 32.4. The fourth-order valence-electron chi connectivity index (χ4n) is 5.29. The number of nitrogens with zero attached hydrogens (tertiary/aromatic N) is 4. The molecule has 10 heteroatoms. The average Bonchev–Trinajstić information content (AvgIpc) is 3.21. The summed E-state index contributed by atoms with van der Waals surface area (Å²) in [7, 11) is 0. The number of anilines is 1. The van der Waals surface area contributed by atoms with Crippen molar-refractivity contribution >= 4 is 22.8 Å². The summed E-state index contributed by atoms with van der Waals surface area (Å²) in [6.07, 6.45) is 3.04. The number of carbonyl (C=O) groups excluding carboxylic acids is 1. The van der Waals surface area contributed by atoms with Gasteiger partial charge in [-0.05, 0) is 31.2 Å². The summed E-state index contributed by atoms with van der Waals surface area (Å²) >= 11 is 0. The number of benzene rings is 1. The lowest BCUT2D eigenvalue weighted by atomic mass is 9.91. The smallest absolute Gasteiger partial charge is 0.415 e. The zero-order valence-corrected chi connectivity index (χ0v) is 19.8. The summed E-state index contributed by atoms with van der Waals surface area (Å²) in [6.45, 7) is 4.38. The molecule has 0 unspecified atom stereocenters. The molecular weight excluding hydrogens is 467 g/mol. The van der Waals surface area contributed by atoms with Crippen molar-refractivity contribution in [2.45, 2.75) is 31.4 Å². The number of pyridine rings is 2. The van der Waals surface area contributed by atoms with Crippen LogP contribution in [-0.2, 0) is 11.3 Å². The van der Waals surface area contributed by atoms with Crippen LogP contribution in [0.4, 0.5) is 14.9 Å². The molecule has 2 fully saturated rings. The first-order valence-corrected chi connectivity index (χ1v) is 12.3. The van der Waals surface area contributed by atoms with Gasteiger partial charge in [0, 0.05) is 50.7 Å². The SMILES string of the molecule is O=C1OC2(CCN(CCCn3c(=O)ccc4ncc(F)cc43)CC2)CN1c1ccc2c(c1)OCCO2. The number of aryl methyl sites for hydroxylation is 1. The van der Waals surface area contributed by atoms with E-state index in [0.717, 1.165) is 50.8 Å². The van der Waals surface area contributed by atoms with Crippen molar-refractivity contribution < 1.29 is 23.4 Å². The van der Waals surface area contributed by atoms with E-state index in [9.17, 15) is 14.0 Å². The highest BCUT2D eigenvalue weighted by atomic mass is 19.1. The van der Waals surface area contributed by atoms with E-state index in [1.807, 2.05) is 18.2 Å². The molecule has 5 heterocycles. The van der Waals surface area contributed by atoms with Crippen LogP contribution in [0.15, 0.2) is 47.4 Å². The average molecular weight is 495 g/mol. The van der Waals surface area contributed by atoms with Crippen LogP contribution in [0.5, 0.6) is 11.5 Å². The van der Waals surface area contributed by atoms with Crippen LogP contribution in [0.1, 0.15) is 19.3 Å². The van der Waals surface area contributed by atoms with Crippen molar-refractivity contribution in [3.63, 3.8) is 0 Å². The Morgan fingerprint density at radius 3 is 2.61 bits per heavy atom. The molecule has 0 aliphatic carbocycles. The molecule has 0 atom stereocenters. The minimum atomic E-state index is -0.503. The highest BCUT2D eigenvalue weighted by Crippen LogP contribution is 2.39. The lowest BCUT2D eigenvalue weighted by Gasteiger charge is -2.37. The molecule has 2 aromatic heterocycles. The van der Waals surface area contributed by atoms with Crippen molar-refractivity contribution in [3.05, 3.63) is 58.8 Å². The molecule has 36 heavy (non-hydrogen) atoms. The zero-order valence-electron chi connectivity index (χ0n) is 19.8. The number of amides is 1. The molecule has 3 aliphatic heterocycles. The minimum absolute atomic E-state index is 0.162. The van der Waals surface area contributed by atoms with Gasteiger partial charge in [0.25, 0.3) is 5.56 Å². The van der Waals surface area contributed by atoms with Crippen LogP contribution in [0.2, 0.25) is 0 Å². The van der Waals surface area contributed by atoms with E-state index in [-0.39, 0.29) is 11.7 Å². The number of likely N-dealkylation sites (tertiary alicyclic amines) is 1. The largest absolute Gasteiger partial charge is 0.486 e. The number of halogens is 1. The van der Waals surface area contributed by atoms with E-state index in [2.05, 4.69) is 9.88 Å². The van der Waals surface area contributed by atoms with Gasteiger partial charge in [0.05, 0.1) is 29.5 Å². The molecule has 0 N–H and O–H groups in total. The Morgan fingerprint density at radius 1 is 0.972 bits per heavy atom. The first-order valence-electron chi connectivity index (χ1n) is 12.3. The van der Waals surface area contributed by atoms with E-state index in [1.54, 1.807) is 15.5 Å². The molecule has 188 valence electrons. The lowest BCUT2D eigenvalue weighted by Crippen LogP contribution is -2.47. The van der Waals surface area contributed by atoms with Gasteiger partial charge < -0.3 is 23.7 Å². The van der Waals surface area contributed by atoms with Crippen molar-refractivity contribution in [2.75, 3.05) is 44.3 Å². The van der Waals surface area contributed by atoms with E-state index in [4.69, 9.17) is 14.2 Å². The molecule has 2 saturated heterocycles. The molecule has 0 radical (unpaired) electrons. The second kappa shape index (κ2) is 9.09. The van der Waals surface area contributed by atoms with Crippen molar-refractivity contribution in [1.82, 2.24) is 14.5 Å². The second-order valence-electron chi connectivity index (χ2n) is 9.54. The molecule has 3 aliphatic rings. The molecular formula is C26H27FN4O5. The fraction of sp³-hybridized carbons (Fsp3) is 0.423. The monoisotopic (exact) mass is 494 g/mol. The fourth-order valence-corrected chi connectivity index (χ4v) is 5.29. The third-order valence-corrected chi connectivity index (χ3v) is 7.24. The van der Waals surface area contributed by atoms with Crippen molar-refractivity contribution in [2.24, 2.45) is 0 Å². The Balaban J connectivity index is 1.06. The van der Waals surface area contributed by atoms with Gasteiger partial charge in [-0.25, -0.2) is 9.18 Å². The number of aromatic nitrogens is 2. The number of rotatable bonds is 5. The van der Waals surface area contributed by atoms with Crippen LogP contribution in [0, 0.1) is 5.82 Å². The quantitative estimate of drug-likeness (QED) is 0.539. The van der Waals surface area contributed by atoms with E-state index in [0.29, 0.717) is 48.8 Å². The van der Waals surface area contributed by atoms with Crippen LogP contribution in [0.3, 0.4) is 0 Å². The number of ether oxygens (including phenoxy) is 3. The predicted octanol–water partition coefficient (Wildman–Crippen LogP) is 3.19. The molecule has 6 rings (SSSR count). The maximum absolute atomic E-state index is 13.7. The van der Waals surface area contributed by atoms with Gasteiger partial charge in [0.2, 0.25) is 0 Å². The van der Waals surface area contributed by atoms with Gasteiger partial charge in [-0.1, -0.05) is 0 Å². The number of fused-ring (bicyclic) bond motifs is 2. The summed E-state index contributed by atoms with van der Waals surface area (Å²) in [5.74, 6) is 0.874. The second-order valence-corrected chi connectivity index (χ2v) is 9.54. The van der Waals surface area contributed by atoms with Gasteiger partial charge in [0.15, 0.2) is 11.5 Å². The lowest BCUT2D eigenvalue weighted by molar-refractivity contribution is 0.000587. The third-order valence-electron chi connectivity index (χ3n) is 7.24. The number of carbonyl (C=O) groups is 1. The summed E-state index contributed by atoms with van der Waals surface area (Å²) in [5.41, 5.74) is 1.19. The Labute approximate surface area is 207 Å². The summed E-state index contributed by atoms with van der Waals surface area (Å²) in [5, 5.41) is 0. The number of hydrogen-bond acceptors (Lipinski definition) is 7. The third kappa shape index (κ3) is 4.26. The van der Waals surface area contributed by atoms with Crippen LogP contribution in [-0.4, -0.2) is 65.5 Å². The Hall–Kier alpha value is -3.66. The highest BCUT2D eigenvalue weighted by molar-refractivity contribution is 5.90. The van der Waals surface area contributed by atoms with E-state index >= 15 is 0 Å². The normalized spacial score (nSPS) is 19.1. The van der Waals surface area contributed by atoms with E-state index < -0.39 is 11.4 Å². The van der Waals surface area contributed by atoms with Gasteiger partial charge in [-0.15, -0.1) is 0 Å². The molecule has 1 aromatic carbocycles. The van der Waals surface area contributed by atoms with Crippen molar-refractivity contribution in [1.29, 1.82) is 0 Å². The first-order chi connectivity index (χ1) is 17.5. The summed E-state index contributed by atoms with van der Waals surface area (Å²) in [6, 6.07) is 9.97. The van der Waals surface area contributed by atoms with Gasteiger partial charge in [-0.2, -0.15) is 0 Å². The molecule has 0 saturated carbocycles. The minimum Gasteiger partial charge on any atom is -0.486 e. The molecule has 1 spiro atoms. The highest BCUT2D eigenvalue weighted by Gasteiger charge is 2.47. The number of piperidine rings is 1. The summed E-state index contributed by atoms with van der Waals surface area (Å²) in [4.78, 5) is 33.2. The van der Waals surface area contributed by atoms with Gasteiger partial charge >= 0.3 is 6.09 Å². The zero-order chi connectivity index (χ0) is 24.7. The van der Waals surface area contributed by atoms with Crippen LogP contribution < -0.4 is 19.9 Å². The maximum atomic E-state index is 13.7. The van der Waals surface area contributed by atoms with Crippen LogP contribution >= 0.6 is 0 Å². The molecule has 0 bridgehead atoms. The Morgan fingerprint density at radius 2 is 1.78 bits per heavy atom. The van der Waals surface area contributed by atoms with Crippen molar-refractivity contribution in [3.8, 4) is 11.5 Å². The maximum Gasteiger partial charge on any atom is 0.415 e. The standard InChI is InChI=1S/C26H27FN4O5/c27-18-14-21-20(28-16-18)3-5-24(32)30(21)9-1-8-29-10-6-26(7-11-29)17-31(25(33)36-26)19-2-4-22-23(15-19)35-13-12-34-22/h2-5,14-16H,1,6-13,17H2. The Kier molecular flexibility index (Phi) is 5.75. The predicted molar refractivity (Wildman–Crippen MR) is 130 cm³/mol. The van der Waals surface area contributed by atoms with Gasteiger partial charge in [-0.3, -0.25) is 14.7 Å². The molecule has 1 amide bonds. The van der Waals surface area contributed by atoms with Gasteiger partial charge in [0.1, 0.15) is 24.6 Å². The van der Waals surface area contributed by atoms with Crippen LogP contribution in [0.25, 0.3) is 11.0 Å². The van der Waals surface area contributed by atoms with E-state index in [1.165, 1.54) is 12.1 Å². The Bertz CT molecular complexity index is 1370.